The lowest BCUT2D eigenvalue weighted by Gasteiger charge is -2.29. The third-order valence-electron chi connectivity index (χ3n) is 4.24. The monoisotopic (exact) mass is 403 g/mol. The number of carbonyl (C=O) groups is 2. The summed E-state index contributed by atoms with van der Waals surface area (Å²) >= 11 is 7.70. The summed E-state index contributed by atoms with van der Waals surface area (Å²) in [5.41, 5.74) is 1.83. The molecule has 1 amide bonds. The summed E-state index contributed by atoms with van der Waals surface area (Å²) in [6, 6.07) is 16.4. The van der Waals surface area contributed by atoms with Gasteiger partial charge in [-0.1, -0.05) is 54.1 Å². The van der Waals surface area contributed by atoms with Gasteiger partial charge >= 0.3 is 5.97 Å². The molecule has 0 bridgehead atoms. The van der Waals surface area contributed by atoms with Crippen molar-refractivity contribution >= 4 is 35.2 Å². The number of rotatable bonds is 5. The molecule has 0 aliphatic carbocycles. The van der Waals surface area contributed by atoms with Crippen LogP contribution in [0.25, 0.3) is 0 Å². The largest absolute Gasteiger partial charge is 0.461 e. The van der Waals surface area contributed by atoms with E-state index in [-0.39, 0.29) is 29.8 Å². The van der Waals surface area contributed by atoms with Crippen LogP contribution < -0.4 is 0 Å². The molecule has 2 aromatic rings. The van der Waals surface area contributed by atoms with Crippen molar-refractivity contribution in [3.05, 3.63) is 70.7 Å². The summed E-state index contributed by atoms with van der Waals surface area (Å²) in [5.74, 6) is 0.0498. The third-order valence-corrected chi connectivity index (χ3v) is 5.80. The van der Waals surface area contributed by atoms with Gasteiger partial charge in [0.05, 0.1) is 12.5 Å². The number of ether oxygens (including phenoxy) is 1. The van der Waals surface area contributed by atoms with Crippen molar-refractivity contribution in [3.8, 4) is 0 Å². The van der Waals surface area contributed by atoms with Crippen molar-refractivity contribution in [1.29, 1.82) is 0 Å². The number of amides is 1. The summed E-state index contributed by atoms with van der Waals surface area (Å²) < 4.78 is 5.40. The number of hydrogen-bond acceptors (Lipinski definition) is 4. The minimum absolute atomic E-state index is 0.0955. The average Bonchev–Trinajstić information content (AvgIpc) is 3.07. The Morgan fingerprint density at radius 1 is 1.19 bits per heavy atom. The topological polar surface area (TPSA) is 46.6 Å². The minimum Gasteiger partial charge on any atom is -0.461 e. The van der Waals surface area contributed by atoms with Gasteiger partial charge in [0.1, 0.15) is 11.4 Å². The van der Waals surface area contributed by atoms with Crippen molar-refractivity contribution in [2.75, 3.05) is 5.75 Å². The average molecular weight is 404 g/mol. The molecule has 4 nitrogen and oxygen atoms in total. The molecule has 2 unspecified atom stereocenters. The summed E-state index contributed by atoms with van der Waals surface area (Å²) in [4.78, 5) is 27.4. The zero-order valence-electron chi connectivity index (χ0n) is 15.3. The lowest BCUT2D eigenvalue weighted by atomic mass is 10.1. The van der Waals surface area contributed by atoms with E-state index in [2.05, 4.69) is 0 Å². The van der Waals surface area contributed by atoms with E-state index in [1.165, 1.54) is 0 Å². The Hall–Kier alpha value is -1.98. The molecule has 27 heavy (non-hydrogen) atoms. The van der Waals surface area contributed by atoms with Gasteiger partial charge in [0, 0.05) is 10.8 Å². The van der Waals surface area contributed by atoms with Gasteiger partial charge in [0.25, 0.3) is 0 Å². The molecule has 0 radical (unpaired) electrons. The standard InChI is InChI=1S/C21H22ClNO3S/c1-14(2)26-21(25)18-13-27-20(16-9-6-10-17(22)12-16)23(18)19(24)11-15-7-4-3-5-8-15/h3-10,12,14,18,20H,11,13H2,1-2H3. The predicted molar refractivity (Wildman–Crippen MR) is 109 cm³/mol. The molecule has 1 fully saturated rings. The highest BCUT2D eigenvalue weighted by Crippen LogP contribution is 2.42. The maximum absolute atomic E-state index is 13.2. The molecule has 1 aliphatic heterocycles. The van der Waals surface area contributed by atoms with Crippen molar-refractivity contribution in [1.82, 2.24) is 4.90 Å². The van der Waals surface area contributed by atoms with Crippen molar-refractivity contribution in [2.45, 2.75) is 37.8 Å². The zero-order valence-corrected chi connectivity index (χ0v) is 16.9. The van der Waals surface area contributed by atoms with Crippen LogP contribution in [0.2, 0.25) is 5.02 Å². The number of esters is 1. The van der Waals surface area contributed by atoms with Crippen LogP contribution in [0.15, 0.2) is 54.6 Å². The Kier molecular flexibility index (Phi) is 6.45. The Morgan fingerprint density at radius 2 is 1.93 bits per heavy atom. The van der Waals surface area contributed by atoms with Gasteiger partial charge in [-0.2, -0.15) is 0 Å². The summed E-state index contributed by atoms with van der Waals surface area (Å²) in [7, 11) is 0. The first-order chi connectivity index (χ1) is 13.0. The molecule has 1 heterocycles. The van der Waals surface area contributed by atoms with Crippen LogP contribution >= 0.6 is 23.4 Å². The molecule has 142 valence electrons. The van der Waals surface area contributed by atoms with E-state index in [4.69, 9.17) is 16.3 Å². The lowest BCUT2D eigenvalue weighted by molar-refractivity contribution is -0.157. The van der Waals surface area contributed by atoms with E-state index in [1.807, 2.05) is 62.4 Å². The molecular weight excluding hydrogens is 382 g/mol. The fourth-order valence-electron chi connectivity index (χ4n) is 3.08. The van der Waals surface area contributed by atoms with Crippen molar-refractivity contribution in [3.63, 3.8) is 0 Å². The van der Waals surface area contributed by atoms with Crippen LogP contribution in [-0.2, 0) is 20.7 Å². The zero-order chi connectivity index (χ0) is 19.4. The van der Waals surface area contributed by atoms with Gasteiger partial charge in [-0.3, -0.25) is 4.79 Å². The molecular formula is C21H22ClNO3S. The highest BCUT2D eigenvalue weighted by Gasteiger charge is 2.43. The molecule has 0 saturated carbocycles. The van der Waals surface area contributed by atoms with E-state index in [0.29, 0.717) is 10.8 Å². The second-order valence-electron chi connectivity index (χ2n) is 6.71. The SMILES string of the molecule is CC(C)OC(=O)C1CSC(c2cccc(Cl)c2)N1C(=O)Cc1ccccc1. The van der Waals surface area contributed by atoms with Crippen LogP contribution in [0.4, 0.5) is 0 Å². The van der Waals surface area contributed by atoms with Crippen LogP contribution in [0.3, 0.4) is 0 Å². The van der Waals surface area contributed by atoms with Gasteiger partial charge in [0.2, 0.25) is 5.91 Å². The van der Waals surface area contributed by atoms with Gasteiger partial charge in [-0.05, 0) is 37.1 Å². The van der Waals surface area contributed by atoms with Crippen LogP contribution in [0.1, 0.15) is 30.3 Å². The number of nitrogens with zero attached hydrogens (tertiary/aromatic N) is 1. The molecule has 1 saturated heterocycles. The molecule has 0 N–H and O–H groups in total. The predicted octanol–water partition coefficient (Wildman–Crippen LogP) is 4.48. The first-order valence-electron chi connectivity index (χ1n) is 8.88. The molecule has 3 rings (SSSR count). The second-order valence-corrected chi connectivity index (χ2v) is 8.26. The Morgan fingerprint density at radius 3 is 2.59 bits per heavy atom. The summed E-state index contributed by atoms with van der Waals surface area (Å²) in [6.07, 6.45) is 0.0167. The van der Waals surface area contributed by atoms with Crippen molar-refractivity contribution < 1.29 is 14.3 Å². The van der Waals surface area contributed by atoms with Gasteiger partial charge in [0.15, 0.2) is 0 Å². The van der Waals surface area contributed by atoms with Crippen LogP contribution in [0, 0.1) is 0 Å². The Bertz CT molecular complexity index is 812. The molecule has 0 aromatic heterocycles. The fraction of sp³-hybridized carbons (Fsp3) is 0.333. The van der Waals surface area contributed by atoms with E-state index in [0.717, 1.165) is 11.1 Å². The smallest absolute Gasteiger partial charge is 0.330 e. The molecule has 6 heteroatoms. The minimum atomic E-state index is -0.599. The number of hydrogen-bond donors (Lipinski definition) is 0. The molecule has 2 atom stereocenters. The highest BCUT2D eigenvalue weighted by atomic mass is 35.5. The normalized spacial score (nSPS) is 19.3. The van der Waals surface area contributed by atoms with E-state index < -0.39 is 6.04 Å². The van der Waals surface area contributed by atoms with Gasteiger partial charge in [-0.25, -0.2) is 4.79 Å². The molecule has 2 aromatic carbocycles. The molecule has 1 aliphatic rings. The quantitative estimate of drug-likeness (QED) is 0.690. The third kappa shape index (κ3) is 4.85. The van der Waals surface area contributed by atoms with Crippen molar-refractivity contribution in [2.24, 2.45) is 0 Å². The maximum Gasteiger partial charge on any atom is 0.330 e. The highest BCUT2D eigenvalue weighted by molar-refractivity contribution is 7.99. The first kappa shape index (κ1) is 19.8. The summed E-state index contributed by atoms with van der Waals surface area (Å²) in [5, 5.41) is 0.349. The Labute approximate surface area is 168 Å². The van der Waals surface area contributed by atoms with Gasteiger partial charge in [-0.15, -0.1) is 11.8 Å². The van der Waals surface area contributed by atoms with E-state index in [1.54, 1.807) is 22.7 Å². The molecule has 0 spiro atoms. The maximum atomic E-state index is 13.2. The van der Waals surface area contributed by atoms with E-state index in [9.17, 15) is 9.59 Å². The van der Waals surface area contributed by atoms with Crippen LogP contribution in [0.5, 0.6) is 0 Å². The van der Waals surface area contributed by atoms with E-state index >= 15 is 0 Å². The number of thioether (sulfide) groups is 1. The Balaban J connectivity index is 1.89. The van der Waals surface area contributed by atoms with Crippen LogP contribution in [-0.4, -0.2) is 34.7 Å². The lowest BCUT2D eigenvalue weighted by Crippen LogP contribution is -2.45. The fourth-order valence-corrected chi connectivity index (χ4v) is 4.71. The number of benzene rings is 2. The second kappa shape index (κ2) is 8.81. The number of carbonyl (C=O) groups excluding carboxylic acids is 2. The number of halogens is 1. The van der Waals surface area contributed by atoms with Gasteiger partial charge < -0.3 is 9.64 Å². The first-order valence-corrected chi connectivity index (χ1v) is 10.3. The summed E-state index contributed by atoms with van der Waals surface area (Å²) in [6.45, 7) is 3.62.